The Morgan fingerprint density at radius 2 is 1.13 bits per heavy atom. The molecular formula is C54H30N6S. The van der Waals surface area contributed by atoms with E-state index in [2.05, 4.69) is 147 Å². The summed E-state index contributed by atoms with van der Waals surface area (Å²) in [6, 6.07) is 64.8. The van der Waals surface area contributed by atoms with Gasteiger partial charge in [0.05, 0.1) is 45.7 Å². The average molecular weight is 795 g/mol. The lowest BCUT2D eigenvalue weighted by Crippen LogP contribution is -2.01. The lowest BCUT2D eigenvalue weighted by Gasteiger charge is -2.15. The normalized spacial score (nSPS) is 11.6. The number of fused-ring (bicyclic) bond motifs is 10. The molecule has 12 aromatic rings. The number of aromatic nitrogens is 4. The van der Waals surface area contributed by atoms with Crippen LogP contribution in [0.3, 0.4) is 0 Å². The molecule has 0 fully saturated rings. The van der Waals surface area contributed by atoms with Gasteiger partial charge in [-0.05, 0) is 60.2 Å². The van der Waals surface area contributed by atoms with Crippen LogP contribution >= 0.6 is 11.3 Å². The molecule has 0 saturated heterocycles. The predicted octanol–water partition coefficient (Wildman–Crippen LogP) is 14.5. The van der Waals surface area contributed by atoms with E-state index in [1.165, 1.54) is 15.5 Å². The summed E-state index contributed by atoms with van der Waals surface area (Å²) in [6.07, 6.45) is 0. The molecule has 0 unspecified atom stereocenters. The molecule has 0 spiro atoms. The van der Waals surface area contributed by atoms with Crippen molar-refractivity contribution in [1.82, 2.24) is 19.1 Å². The van der Waals surface area contributed by atoms with Crippen LogP contribution in [0, 0.1) is 17.9 Å². The van der Waals surface area contributed by atoms with Gasteiger partial charge in [-0.25, -0.2) is 14.8 Å². The maximum absolute atomic E-state index is 10.8. The van der Waals surface area contributed by atoms with Crippen LogP contribution in [0.5, 0.6) is 0 Å². The zero-order chi connectivity index (χ0) is 40.6. The Morgan fingerprint density at radius 3 is 1.90 bits per heavy atom. The van der Waals surface area contributed by atoms with E-state index < -0.39 is 0 Å². The van der Waals surface area contributed by atoms with Crippen molar-refractivity contribution in [2.75, 3.05) is 0 Å². The third-order valence-electron chi connectivity index (χ3n) is 11.8. The van der Waals surface area contributed by atoms with Gasteiger partial charge in [0.1, 0.15) is 11.6 Å². The molecule has 0 radical (unpaired) electrons. The van der Waals surface area contributed by atoms with Crippen LogP contribution in [-0.2, 0) is 0 Å². The maximum atomic E-state index is 10.8. The molecule has 7 heteroatoms. The second-order valence-corrected chi connectivity index (χ2v) is 16.2. The second kappa shape index (κ2) is 13.6. The van der Waals surface area contributed by atoms with Crippen molar-refractivity contribution in [2.24, 2.45) is 0 Å². The fraction of sp³-hybridized carbons (Fsp3) is 0. The molecule has 0 atom stereocenters. The number of nitrogens with zero attached hydrogens (tertiary/aromatic N) is 6. The van der Waals surface area contributed by atoms with Crippen molar-refractivity contribution in [1.29, 1.82) is 5.26 Å². The van der Waals surface area contributed by atoms with E-state index in [9.17, 15) is 5.26 Å². The third kappa shape index (κ3) is 5.25. The molecule has 0 saturated carbocycles. The quantitative estimate of drug-likeness (QED) is 0.163. The van der Waals surface area contributed by atoms with Crippen molar-refractivity contribution in [2.45, 2.75) is 0 Å². The van der Waals surface area contributed by atoms with Gasteiger partial charge in [-0.2, -0.15) is 5.26 Å². The highest BCUT2D eigenvalue weighted by atomic mass is 32.1. The smallest absolute Gasteiger partial charge is 0.211 e. The van der Waals surface area contributed by atoms with Crippen molar-refractivity contribution in [3.63, 3.8) is 0 Å². The first kappa shape index (κ1) is 34.7. The standard InChI is InChI=1S/C54H30N6S/c1-56-43-30-34(52-42(32-55)51(33-14-4-2-5-15-33)57-54(58-52)35-24-26-39-38-19-10-13-23-48(38)61-49(39)31-35)25-28-46(43)60-44-21-11-8-18-37(44)40-27-29-47-50(53(40)60)41-20-9-12-22-45(41)59(47)36-16-6-3-7-17-36/h2-31H. The highest BCUT2D eigenvalue weighted by Crippen LogP contribution is 2.45. The van der Waals surface area contributed by atoms with E-state index in [1.54, 1.807) is 11.3 Å². The highest BCUT2D eigenvalue weighted by Gasteiger charge is 2.24. The molecule has 0 bridgehead atoms. The van der Waals surface area contributed by atoms with Crippen LogP contribution in [0.25, 0.3) is 114 Å². The number of hydrogen-bond donors (Lipinski definition) is 0. The summed E-state index contributed by atoms with van der Waals surface area (Å²) in [5, 5.41) is 17.7. The molecule has 0 aliphatic rings. The first-order valence-electron chi connectivity index (χ1n) is 20.0. The van der Waals surface area contributed by atoms with Gasteiger partial charge in [0.2, 0.25) is 5.69 Å². The molecular weight excluding hydrogens is 765 g/mol. The van der Waals surface area contributed by atoms with Crippen LogP contribution in [0.15, 0.2) is 182 Å². The monoisotopic (exact) mass is 794 g/mol. The van der Waals surface area contributed by atoms with Gasteiger partial charge in [0.25, 0.3) is 0 Å². The molecule has 0 aliphatic carbocycles. The van der Waals surface area contributed by atoms with E-state index >= 15 is 0 Å². The van der Waals surface area contributed by atoms with Gasteiger partial charge < -0.3 is 9.13 Å². The zero-order valence-electron chi connectivity index (χ0n) is 32.4. The number of para-hydroxylation sites is 3. The van der Waals surface area contributed by atoms with Crippen molar-refractivity contribution in [3.05, 3.63) is 199 Å². The largest absolute Gasteiger partial charge is 0.318 e. The highest BCUT2D eigenvalue weighted by molar-refractivity contribution is 7.25. The Bertz CT molecular complexity index is 3840. The second-order valence-electron chi connectivity index (χ2n) is 15.1. The fourth-order valence-corrected chi connectivity index (χ4v) is 10.3. The van der Waals surface area contributed by atoms with Crippen LogP contribution < -0.4 is 0 Å². The Kier molecular flexibility index (Phi) is 7.73. The summed E-state index contributed by atoms with van der Waals surface area (Å²) < 4.78 is 6.93. The van der Waals surface area contributed by atoms with Crippen LogP contribution in [0.2, 0.25) is 0 Å². The molecule has 8 aromatic carbocycles. The Morgan fingerprint density at radius 1 is 0.508 bits per heavy atom. The van der Waals surface area contributed by atoms with Crippen LogP contribution in [-0.4, -0.2) is 19.1 Å². The van der Waals surface area contributed by atoms with E-state index in [1.807, 2.05) is 54.6 Å². The Labute approximate surface area is 353 Å². The molecule has 6 nitrogen and oxygen atoms in total. The third-order valence-corrected chi connectivity index (χ3v) is 12.9. The molecule has 0 N–H and O–H groups in total. The molecule has 4 heterocycles. The van der Waals surface area contributed by atoms with Crippen molar-refractivity contribution in [3.8, 4) is 51.3 Å². The SMILES string of the molecule is [C-]#[N+]c1cc(-c2nc(-c3ccc4c(c3)sc3ccccc34)nc(-c3ccccc3)c2C#N)ccc1-n1c2ccccc2c2ccc3c(c4ccccc4n3-c3ccccc3)c21. The van der Waals surface area contributed by atoms with Gasteiger partial charge in [-0.15, -0.1) is 11.3 Å². The zero-order valence-corrected chi connectivity index (χ0v) is 33.2. The fourth-order valence-electron chi connectivity index (χ4n) is 9.14. The summed E-state index contributed by atoms with van der Waals surface area (Å²) in [4.78, 5) is 14.4. The molecule has 282 valence electrons. The average Bonchev–Trinajstić information content (AvgIpc) is 3.99. The van der Waals surface area contributed by atoms with E-state index in [0.717, 1.165) is 70.8 Å². The topological polar surface area (TPSA) is 63.8 Å². The number of benzene rings is 8. The summed E-state index contributed by atoms with van der Waals surface area (Å²) in [7, 11) is 0. The van der Waals surface area contributed by atoms with Crippen LogP contribution in [0.4, 0.5) is 5.69 Å². The van der Waals surface area contributed by atoms with Gasteiger partial charge in [-0.3, -0.25) is 0 Å². The molecule has 4 aromatic heterocycles. The predicted molar refractivity (Wildman–Crippen MR) is 251 cm³/mol. The number of hydrogen-bond acceptors (Lipinski definition) is 4. The van der Waals surface area contributed by atoms with Gasteiger partial charge in [-0.1, -0.05) is 127 Å². The van der Waals surface area contributed by atoms with Crippen molar-refractivity contribution < 1.29 is 0 Å². The lowest BCUT2D eigenvalue weighted by atomic mass is 9.99. The van der Waals surface area contributed by atoms with Gasteiger partial charge >= 0.3 is 0 Å². The molecule has 61 heavy (non-hydrogen) atoms. The summed E-state index contributed by atoms with van der Waals surface area (Å²) in [5.41, 5.74) is 10.2. The molecule has 12 rings (SSSR count). The molecule has 0 amide bonds. The van der Waals surface area contributed by atoms with Gasteiger partial charge in [0, 0.05) is 58.5 Å². The van der Waals surface area contributed by atoms with Gasteiger partial charge in [0.15, 0.2) is 5.82 Å². The van der Waals surface area contributed by atoms with E-state index in [0.29, 0.717) is 34.0 Å². The van der Waals surface area contributed by atoms with Crippen molar-refractivity contribution >= 4 is 80.8 Å². The van der Waals surface area contributed by atoms with E-state index in [-0.39, 0.29) is 0 Å². The van der Waals surface area contributed by atoms with Crippen LogP contribution in [0.1, 0.15) is 5.56 Å². The lowest BCUT2D eigenvalue weighted by molar-refractivity contribution is 1.16. The minimum Gasteiger partial charge on any atom is -0.318 e. The summed E-state index contributed by atoms with van der Waals surface area (Å²) >= 11 is 1.74. The number of nitriles is 1. The number of rotatable bonds is 5. The molecule has 0 aliphatic heterocycles. The Balaban J connectivity index is 1.11. The Hall–Kier alpha value is -8.36. The first-order chi connectivity index (χ1) is 30.2. The minimum absolute atomic E-state index is 0.355. The van der Waals surface area contributed by atoms with E-state index in [4.69, 9.17) is 16.5 Å². The minimum atomic E-state index is 0.355. The summed E-state index contributed by atoms with van der Waals surface area (Å²) in [6.45, 7) is 8.66. The first-order valence-corrected chi connectivity index (χ1v) is 20.8. The maximum Gasteiger partial charge on any atom is 0.211 e. The summed E-state index contributed by atoms with van der Waals surface area (Å²) in [5.74, 6) is 0.514. The number of thiophene rings is 1.